The SMILES string of the molecule is O=C(O)CN(Cc1cccnc1)C1CC1. The van der Waals surface area contributed by atoms with Crippen molar-refractivity contribution in [3.8, 4) is 0 Å². The van der Waals surface area contributed by atoms with E-state index in [9.17, 15) is 4.79 Å². The monoisotopic (exact) mass is 206 g/mol. The van der Waals surface area contributed by atoms with E-state index >= 15 is 0 Å². The molecule has 1 N–H and O–H groups in total. The third kappa shape index (κ3) is 3.02. The number of rotatable bonds is 5. The van der Waals surface area contributed by atoms with Gasteiger partial charge in [0.25, 0.3) is 0 Å². The molecule has 1 aliphatic carbocycles. The van der Waals surface area contributed by atoms with E-state index in [2.05, 4.69) is 4.98 Å². The Balaban J connectivity index is 1.97. The van der Waals surface area contributed by atoms with Crippen LogP contribution in [0.25, 0.3) is 0 Å². The summed E-state index contributed by atoms with van der Waals surface area (Å²) in [7, 11) is 0. The molecule has 1 aliphatic rings. The van der Waals surface area contributed by atoms with Crippen LogP contribution in [0.15, 0.2) is 24.5 Å². The number of pyridine rings is 1. The van der Waals surface area contributed by atoms with E-state index in [1.165, 1.54) is 0 Å². The van der Waals surface area contributed by atoms with Crippen LogP contribution in [0.5, 0.6) is 0 Å². The lowest BCUT2D eigenvalue weighted by molar-refractivity contribution is -0.138. The number of aromatic nitrogens is 1. The van der Waals surface area contributed by atoms with E-state index in [4.69, 9.17) is 5.11 Å². The van der Waals surface area contributed by atoms with E-state index < -0.39 is 5.97 Å². The maximum absolute atomic E-state index is 10.7. The predicted octanol–water partition coefficient (Wildman–Crippen LogP) is 1.13. The van der Waals surface area contributed by atoms with Crippen LogP contribution >= 0.6 is 0 Å². The van der Waals surface area contributed by atoms with Gasteiger partial charge in [-0.1, -0.05) is 6.07 Å². The fourth-order valence-corrected chi connectivity index (χ4v) is 1.65. The van der Waals surface area contributed by atoms with Gasteiger partial charge >= 0.3 is 5.97 Å². The minimum atomic E-state index is -0.759. The summed E-state index contributed by atoms with van der Waals surface area (Å²) in [6.45, 7) is 0.810. The van der Waals surface area contributed by atoms with Gasteiger partial charge in [0, 0.05) is 25.0 Å². The molecule has 0 aromatic carbocycles. The fraction of sp³-hybridized carbons (Fsp3) is 0.455. The first kappa shape index (κ1) is 10.1. The zero-order valence-electron chi connectivity index (χ0n) is 8.47. The van der Waals surface area contributed by atoms with Crippen molar-refractivity contribution < 1.29 is 9.90 Å². The average molecular weight is 206 g/mol. The molecule has 1 saturated carbocycles. The highest BCUT2D eigenvalue weighted by Crippen LogP contribution is 2.27. The fourth-order valence-electron chi connectivity index (χ4n) is 1.65. The minimum absolute atomic E-state index is 0.125. The van der Waals surface area contributed by atoms with E-state index in [-0.39, 0.29) is 6.54 Å². The molecule has 0 saturated heterocycles. The van der Waals surface area contributed by atoms with Gasteiger partial charge in [-0.05, 0) is 24.5 Å². The van der Waals surface area contributed by atoms with Gasteiger partial charge in [-0.25, -0.2) is 0 Å². The summed E-state index contributed by atoms with van der Waals surface area (Å²) < 4.78 is 0. The van der Waals surface area contributed by atoms with E-state index in [1.54, 1.807) is 12.4 Å². The lowest BCUT2D eigenvalue weighted by Crippen LogP contribution is -2.31. The first-order valence-electron chi connectivity index (χ1n) is 5.10. The van der Waals surface area contributed by atoms with Gasteiger partial charge < -0.3 is 5.11 Å². The first-order chi connectivity index (χ1) is 7.25. The molecule has 1 aromatic rings. The summed E-state index contributed by atoms with van der Waals surface area (Å²) in [6, 6.07) is 4.31. The molecular weight excluding hydrogens is 192 g/mol. The van der Waals surface area contributed by atoms with Crippen molar-refractivity contribution in [3.63, 3.8) is 0 Å². The highest BCUT2D eigenvalue weighted by molar-refractivity contribution is 5.69. The lowest BCUT2D eigenvalue weighted by Gasteiger charge is -2.19. The number of nitrogens with zero attached hydrogens (tertiary/aromatic N) is 2. The molecular formula is C11H14N2O2. The molecule has 80 valence electrons. The quantitative estimate of drug-likeness (QED) is 0.784. The van der Waals surface area contributed by atoms with Gasteiger partial charge in [0.15, 0.2) is 0 Å². The van der Waals surface area contributed by atoms with Gasteiger partial charge in [0.2, 0.25) is 0 Å². The third-order valence-corrected chi connectivity index (χ3v) is 2.51. The molecule has 4 heteroatoms. The van der Waals surface area contributed by atoms with Gasteiger partial charge in [0.1, 0.15) is 0 Å². The molecule has 1 heterocycles. The van der Waals surface area contributed by atoms with Crippen LogP contribution in [0.3, 0.4) is 0 Å². The molecule has 0 unspecified atom stereocenters. The minimum Gasteiger partial charge on any atom is -0.480 e. The van der Waals surface area contributed by atoms with Crippen LogP contribution in [0, 0.1) is 0 Å². The molecule has 0 amide bonds. The van der Waals surface area contributed by atoms with Crippen molar-refractivity contribution >= 4 is 5.97 Å². The smallest absolute Gasteiger partial charge is 0.317 e. The number of carboxylic acid groups (broad SMARTS) is 1. The van der Waals surface area contributed by atoms with Gasteiger partial charge in [-0.15, -0.1) is 0 Å². The number of hydrogen-bond donors (Lipinski definition) is 1. The topological polar surface area (TPSA) is 53.4 Å². The van der Waals surface area contributed by atoms with Crippen LogP contribution in [0.1, 0.15) is 18.4 Å². The summed E-state index contributed by atoms with van der Waals surface area (Å²) in [5.74, 6) is -0.759. The Kier molecular flexibility index (Phi) is 2.97. The largest absolute Gasteiger partial charge is 0.480 e. The maximum atomic E-state index is 10.7. The van der Waals surface area contributed by atoms with E-state index in [1.807, 2.05) is 17.0 Å². The Morgan fingerprint density at radius 3 is 2.93 bits per heavy atom. The molecule has 0 bridgehead atoms. The molecule has 0 radical (unpaired) electrons. The Hall–Kier alpha value is -1.42. The Bertz CT molecular complexity index is 336. The molecule has 0 spiro atoms. The van der Waals surface area contributed by atoms with Crippen molar-refractivity contribution in [2.75, 3.05) is 6.54 Å². The standard InChI is InChI=1S/C11H14N2O2/c14-11(15)8-13(10-3-4-10)7-9-2-1-5-12-6-9/h1-2,5-6,10H,3-4,7-8H2,(H,14,15). The summed E-state index contributed by atoms with van der Waals surface area (Å²) in [6.07, 6.45) is 5.75. The number of carboxylic acids is 1. The van der Waals surface area contributed by atoms with Crippen molar-refractivity contribution in [2.24, 2.45) is 0 Å². The van der Waals surface area contributed by atoms with Crippen LogP contribution in [-0.2, 0) is 11.3 Å². The highest BCUT2D eigenvalue weighted by Gasteiger charge is 2.30. The number of aliphatic carboxylic acids is 1. The van der Waals surface area contributed by atoms with Crippen molar-refractivity contribution in [1.29, 1.82) is 0 Å². The summed E-state index contributed by atoms with van der Waals surface area (Å²) in [5.41, 5.74) is 1.07. The predicted molar refractivity (Wildman–Crippen MR) is 55.3 cm³/mol. The van der Waals surface area contributed by atoms with Crippen LogP contribution in [-0.4, -0.2) is 33.5 Å². The normalized spacial score (nSPS) is 15.5. The Labute approximate surface area is 88.6 Å². The second-order valence-corrected chi connectivity index (χ2v) is 3.89. The second kappa shape index (κ2) is 4.40. The summed E-state index contributed by atoms with van der Waals surface area (Å²) in [4.78, 5) is 16.7. The van der Waals surface area contributed by atoms with Crippen LogP contribution in [0.2, 0.25) is 0 Å². The number of carbonyl (C=O) groups is 1. The number of hydrogen-bond acceptors (Lipinski definition) is 3. The van der Waals surface area contributed by atoms with Crippen LogP contribution < -0.4 is 0 Å². The molecule has 2 rings (SSSR count). The molecule has 0 atom stereocenters. The van der Waals surface area contributed by atoms with Gasteiger partial charge in [-0.2, -0.15) is 0 Å². The second-order valence-electron chi connectivity index (χ2n) is 3.89. The molecule has 15 heavy (non-hydrogen) atoms. The summed E-state index contributed by atoms with van der Waals surface area (Å²) >= 11 is 0. The maximum Gasteiger partial charge on any atom is 0.317 e. The lowest BCUT2D eigenvalue weighted by atomic mass is 10.2. The van der Waals surface area contributed by atoms with Crippen LogP contribution in [0.4, 0.5) is 0 Å². The highest BCUT2D eigenvalue weighted by atomic mass is 16.4. The van der Waals surface area contributed by atoms with Gasteiger partial charge in [0.05, 0.1) is 6.54 Å². The van der Waals surface area contributed by atoms with Crippen molar-refractivity contribution in [3.05, 3.63) is 30.1 Å². The molecule has 0 aliphatic heterocycles. The zero-order chi connectivity index (χ0) is 10.7. The first-order valence-corrected chi connectivity index (χ1v) is 5.10. The van der Waals surface area contributed by atoms with Crippen molar-refractivity contribution in [2.45, 2.75) is 25.4 Å². The Morgan fingerprint density at radius 1 is 1.60 bits per heavy atom. The Morgan fingerprint density at radius 2 is 2.40 bits per heavy atom. The van der Waals surface area contributed by atoms with E-state index in [0.717, 1.165) is 18.4 Å². The zero-order valence-corrected chi connectivity index (χ0v) is 8.47. The molecule has 1 aromatic heterocycles. The van der Waals surface area contributed by atoms with E-state index in [0.29, 0.717) is 12.6 Å². The third-order valence-electron chi connectivity index (χ3n) is 2.51. The van der Waals surface area contributed by atoms with Crippen molar-refractivity contribution in [1.82, 2.24) is 9.88 Å². The molecule has 1 fully saturated rings. The van der Waals surface area contributed by atoms with Gasteiger partial charge in [-0.3, -0.25) is 14.7 Å². The molecule has 4 nitrogen and oxygen atoms in total. The summed E-state index contributed by atoms with van der Waals surface area (Å²) in [5, 5.41) is 8.78. The average Bonchev–Trinajstić information content (AvgIpc) is 3.01.